The van der Waals surface area contributed by atoms with Crippen molar-refractivity contribution in [1.82, 2.24) is 14.4 Å². The molecule has 0 radical (unpaired) electrons. The summed E-state index contributed by atoms with van der Waals surface area (Å²) in [6, 6.07) is 46.1. The van der Waals surface area contributed by atoms with Crippen molar-refractivity contribution in [2.45, 2.75) is 0 Å². The number of benzene rings is 5. The van der Waals surface area contributed by atoms with E-state index in [1.165, 1.54) is 0 Å². The molecule has 0 N–H and O–H groups in total. The maximum atomic E-state index is 14.1. The van der Waals surface area contributed by atoms with Gasteiger partial charge < -0.3 is 4.42 Å². The molecule has 5 nitrogen and oxygen atoms in total. The maximum absolute atomic E-state index is 14.1. The van der Waals surface area contributed by atoms with Crippen molar-refractivity contribution in [3.63, 3.8) is 0 Å². The summed E-state index contributed by atoms with van der Waals surface area (Å²) >= 11 is 0. The fourth-order valence-corrected chi connectivity index (χ4v) is 5.73. The predicted octanol–water partition coefficient (Wildman–Crippen LogP) is 8.66. The summed E-state index contributed by atoms with van der Waals surface area (Å²) < 4.78 is 7.78. The minimum atomic E-state index is -0.395. The molecule has 0 fully saturated rings. The van der Waals surface area contributed by atoms with Gasteiger partial charge in [0, 0.05) is 27.5 Å². The van der Waals surface area contributed by atoms with E-state index >= 15 is 0 Å². The molecule has 0 saturated carbocycles. The Morgan fingerprint density at radius 2 is 1.10 bits per heavy atom. The molecule has 0 bridgehead atoms. The fourth-order valence-electron chi connectivity index (χ4n) is 5.73. The molecular formula is C37H23N3O2. The summed E-state index contributed by atoms with van der Waals surface area (Å²) in [5.74, 6) is 0.353. The molecule has 8 aromatic rings. The van der Waals surface area contributed by atoms with Crippen molar-refractivity contribution in [2.75, 3.05) is 0 Å². The normalized spacial score (nSPS) is 11.4. The van der Waals surface area contributed by atoms with Crippen LogP contribution in [0.4, 0.5) is 0 Å². The largest absolute Gasteiger partial charge is 0.456 e. The Bertz CT molecular complexity index is 2310. The molecule has 5 heteroatoms. The summed E-state index contributed by atoms with van der Waals surface area (Å²) in [5.41, 5.74) is 7.80. The highest BCUT2D eigenvalue weighted by molar-refractivity contribution is 6.05. The molecule has 0 aliphatic rings. The maximum Gasteiger partial charge on any atom is 0.355 e. The number of pyridine rings is 1. The molecule has 0 aliphatic heterocycles. The van der Waals surface area contributed by atoms with Gasteiger partial charge in [0.05, 0.1) is 5.69 Å². The summed E-state index contributed by atoms with van der Waals surface area (Å²) in [6.07, 6.45) is 0. The van der Waals surface area contributed by atoms with Crippen molar-refractivity contribution in [2.24, 2.45) is 0 Å². The van der Waals surface area contributed by atoms with Crippen LogP contribution in [0.3, 0.4) is 0 Å². The van der Waals surface area contributed by atoms with Gasteiger partial charge >= 0.3 is 5.69 Å². The van der Waals surface area contributed by atoms with Crippen molar-refractivity contribution in [3.8, 4) is 44.9 Å². The number of furan rings is 1. The zero-order valence-electron chi connectivity index (χ0n) is 22.4. The molecule has 3 heterocycles. The van der Waals surface area contributed by atoms with Gasteiger partial charge in [-0.05, 0) is 41.0 Å². The molecular weight excluding hydrogens is 518 g/mol. The smallest absolute Gasteiger partial charge is 0.355 e. The van der Waals surface area contributed by atoms with Gasteiger partial charge in [0.2, 0.25) is 0 Å². The molecule has 198 valence electrons. The van der Waals surface area contributed by atoms with Gasteiger partial charge in [-0.3, -0.25) is 0 Å². The molecule has 0 saturated heterocycles. The second-order valence-corrected chi connectivity index (χ2v) is 10.2. The van der Waals surface area contributed by atoms with Crippen LogP contribution in [0.2, 0.25) is 0 Å². The summed E-state index contributed by atoms with van der Waals surface area (Å²) in [4.78, 5) is 23.7. The number of aromatic nitrogens is 3. The van der Waals surface area contributed by atoms with Crippen LogP contribution < -0.4 is 5.69 Å². The Balaban J connectivity index is 1.46. The SMILES string of the molecule is O=c1nc(-c2ccc3c(c2)oc2ccccc23)nc2c(-c3ccccc3)cc(-c3ccccc3)c(-c3ccccc3)n12. The number of fused-ring (bicyclic) bond motifs is 4. The lowest BCUT2D eigenvalue weighted by Crippen LogP contribution is -2.22. The summed E-state index contributed by atoms with van der Waals surface area (Å²) in [5, 5.41) is 2.06. The third kappa shape index (κ3) is 3.91. The van der Waals surface area contributed by atoms with Gasteiger partial charge in [-0.15, -0.1) is 0 Å². The highest BCUT2D eigenvalue weighted by Crippen LogP contribution is 2.38. The molecule has 0 spiro atoms. The summed E-state index contributed by atoms with van der Waals surface area (Å²) in [7, 11) is 0. The highest BCUT2D eigenvalue weighted by atomic mass is 16.3. The quantitative estimate of drug-likeness (QED) is 0.224. The van der Waals surface area contributed by atoms with E-state index < -0.39 is 5.69 Å². The molecule has 0 atom stereocenters. The fraction of sp³-hybridized carbons (Fsp3) is 0. The standard InChI is InChI=1S/C37H23N3O2/c41-37-39-35(27-20-21-29-28-18-10-11-19-32(28)42-33(29)22-27)38-36-31(25-14-6-2-7-15-25)23-30(24-12-4-1-5-13-24)34(40(36)37)26-16-8-3-9-17-26/h1-23H. The second-order valence-electron chi connectivity index (χ2n) is 10.2. The molecule has 42 heavy (non-hydrogen) atoms. The molecule has 5 aromatic carbocycles. The van der Waals surface area contributed by atoms with Crippen LogP contribution in [0.25, 0.3) is 72.5 Å². The molecule has 3 aromatic heterocycles. The van der Waals surface area contributed by atoms with Gasteiger partial charge in [0.1, 0.15) is 11.2 Å². The van der Waals surface area contributed by atoms with E-state index in [-0.39, 0.29) is 0 Å². The van der Waals surface area contributed by atoms with E-state index in [9.17, 15) is 4.79 Å². The Morgan fingerprint density at radius 3 is 1.81 bits per heavy atom. The molecule has 0 unspecified atom stereocenters. The van der Waals surface area contributed by atoms with Crippen LogP contribution in [0.15, 0.2) is 149 Å². The van der Waals surface area contributed by atoms with E-state index in [0.29, 0.717) is 17.0 Å². The van der Waals surface area contributed by atoms with Gasteiger partial charge in [-0.2, -0.15) is 4.98 Å². The van der Waals surface area contributed by atoms with Crippen molar-refractivity contribution >= 4 is 27.6 Å². The van der Waals surface area contributed by atoms with Gasteiger partial charge in [-0.25, -0.2) is 14.2 Å². The molecule has 0 amide bonds. The van der Waals surface area contributed by atoms with E-state index in [2.05, 4.69) is 23.2 Å². The number of nitrogens with zero attached hydrogens (tertiary/aromatic N) is 3. The lowest BCUT2D eigenvalue weighted by molar-refractivity contribution is 0.669. The van der Waals surface area contributed by atoms with Crippen LogP contribution in [-0.4, -0.2) is 14.4 Å². The zero-order valence-corrected chi connectivity index (χ0v) is 22.4. The second kappa shape index (κ2) is 9.68. The number of rotatable bonds is 4. The van der Waals surface area contributed by atoms with E-state index in [0.717, 1.165) is 55.4 Å². The average molecular weight is 542 g/mol. The Morgan fingerprint density at radius 1 is 0.500 bits per heavy atom. The van der Waals surface area contributed by atoms with Gasteiger partial charge in [0.25, 0.3) is 0 Å². The average Bonchev–Trinajstić information content (AvgIpc) is 3.43. The van der Waals surface area contributed by atoms with Crippen molar-refractivity contribution < 1.29 is 4.42 Å². The molecule has 8 rings (SSSR count). The Hall–Kier alpha value is -5.81. The first kappa shape index (κ1) is 24.0. The lowest BCUT2D eigenvalue weighted by atomic mass is 9.95. The van der Waals surface area contributed by atoms with E-state index in [1.807, 2.05) is 121 Å². The van der Waals surface area contributed by atoms with Crippen molar-refractivity contribution in [3.05, 3.63) is 150 Å². The van der Waals surface area contributed by atoms with E-state index in [1.54, 1.807) is 4.40 Å². The molecule has 0 aliphatic carbocycles. The highest BCUT2D eigenvalue weighted by Gasteiger charge is 2.21. The topological polar surface area (TPSA) is 60.4 Å². The first-order chi connectivity index (χ1) is 20.7. The van der Waals surface area contributed by atoms with Crippen LogP contribution in [0.5, 0.6) is 0 Å². The third-order valence-corrected chi connectivity index (χ3v) is 7.68. The number of hydrogen-bond donors (Lipinski definition) is 0. The minimum Gasteiger partial charge on any atom is -0.456 e. The number of para-hydroxylation sites is 1. The Labute approximate surface area is 241 Å². The first-order valence-electron chi connectivity index (χ1n) is 13.8. The minimum absolute atomic E-state index is 0.353. The lowest BCUT2D eigenvalue weighted by Gasteiger charge is -2.18. The zero-order chi connectivity index (χ0) is 28.0. The van der Waals surface area contributed by atoms with Gasteiger partial charge in [-0.1, -0.05) is 115 Å². The predicted molar refractivity (Wildman–Crippen MR) is 168 cm³/mol. The van der Waals surface area contributed by atoms with Crippen LogP contribution >= 0.6 is 0 Å². The van der Waals surface area contributed by atoms with E-state index in [4.69, 9.17) is 9.40 Å². The third-order valence-electron chi connectivity index (χ3n) is 7.68. The number of hydrogen-bond acceptors (Lipinski definition) is 4. The monoisotopic (exact) mass is 541 g/mol. The van der Waals surface area contributed by atoms with Crippen LogP contribution in [-0.2, 0) is 0 Å². The van der Waals surface area contributed by atoms with Gasteiger partial charge in [0.15, 0.2) is 11.5 Å². The van der Waals surface area contributed by atoms with Crippen LogP contribution in [0, 0.1) is 0 Å². The van der Waals surface area contributed by atoms with Crippen molar-refractivity contribution in [1.29, 1.82) is 0 Å². The first-order valence-corrected chi connectivity index (χ1v) is 13.8. The Kier molecular flexibility index (Phi) is 5.54. The van der Waals surface area contributed by atoms with Crippen LogP contribution in [0.1, 0.15) is 0 Å². The summed E-state index contributed by atoms with van der Waals surface area (Å²) in [6.45, 7) is 0.